The SMILES string of the molecule is CCc1ccc(CNc2ccnc(N)c2)s1. The van der Waals surface area contributed by atoms with Crippen molar-refractivity contribution >= 4 is 22.8 Å². The van der Waals surface area contributed by atoms with Gasteiger partial charge >= 0.3 is 0 Å². The summed E-state index contributed by atoms with van der Waals surface area (Å²) in [6.45, 7) is 3.01. The molecular formula is C12H15N3S. The molecule has 0 aliphatic heterocycles. The molecule has 0 bridgehead atoms. The lowest BCUT2D eigenvalue weighted by atomic mass is 10.3. The van der Waals surface area contributed by atoms with Crippen LogP contribution in [0.2, 0.25) is 0 Å². The van der Waals surface area contributed by atoms with Gasteiger partial charge in [0, 0.05) is 34.2 Å². The third-order valence-corrected chi connectivity index (χ3v) is 3.54. The van der Waals surface area contributed by atoms with Gasteiger partial charge in [0.1, 0.15) is 5.82 Å². The lowest BCUT2D eigenvalue weighted by molar-refractivity contribution is 1.18. The van der Waals surface area contributed by atoms with Crippen molar-refractivity contribution < 1.29 is 0 Å². The van der Waals surface area contributed by atoms with Gasteiger partial charge in [-0.1, -0.05) is 6.92 Å². The molecule has 0 aromatic carbocycles. The van der Waals surface area contributed by atoms with Crippen LogP contribution in [0.3, 0.4) is 0 Å². The molecule has 16 heavy (non-hydrogen) atoms. The summed E-state index contributed by atoms with van der Waals surface area (Å²) in [6, 6.07) is 8.11. The van der Waals surface area contributed by atoms with Crippen LogP contribution in [-0.4, -0.2) is 4.98 Å². The fourth-order valence-corrected chi connectivity index (χ4v) is 2.35. The molecule has 0 aliphatic rings. The van der Waals surface area contributed by atoms with Crippen molar-refractivity contribution in [1.82, 2.24) is 4.98 Å². The predicted molar refractivity (Wildman–Crippen MR) is 69.7 cm³/mol. The minimum absolute atomic E-state index is 0.547. The summed E-state index contributed by atoms with van der Waals surface area (Å²) in [5.41, 5.74) is 6.62. The normalized spacial score (nSPS) is 10.3. The Balaban J connectivity index is 1.96. The number of nitrogens with zero attached hydrogens (tertiary/aromatic N) is 1. The Hall–Kier alpha value is -1.55. The van der Waals surface area contributed by atoms with E-state index in [2.05, 4.69) is 29.4 Å². The molecule has 0 amide bonds. The molecule has 84 valence electrons. The van der Waals surface area contributed by atoms with Gasteiger partial charge in [0.25, 0.3) is 0 Å². The summed E-state index contributed by atoms with van der Waals surface area (Å²) in [7, 11) is 0. The zero-order valence-electron chi connectivity index (χ0n) is 9.23. The maximum absolute atomic E-state index is 5.60. The van der Waals surface area contributed by atoms with Crippen LogP contribution in [0.15, 0.2) is 30.5 Å². The number of hydrogen-bond donors (Lipinski definition) is 2. The van der Waals surface area contributed by atoms with Gasteiger partial charge in [-0.3, -0.25) is 0 Å². The molecule has 3 nitrogen and oxygen atoms in total. The number of nitrogen functional groups attached to an aromatic ring is 1. The van der Waals surface area contributed by atoms with Crippen molar-refractivity contribution in [2.24, 2.45) is 0 Å². The molecule has 3 N–H and O–H groups in total. The van der Waals surface area contributed by atoms with E-state index in [4.69, 9.17) is 5.73 Å². The fourth-order valence-electron chi connectivity index (χ4n) is 1.45. The van der Waals surface area contributed by atoms with Crippen LogP contribution in [0.5, 0.6) is 0 Å². The summed E-state index contributed by atoms with van der Waals surface area (Å²) in [6.07, 6.45) is 2.82. The van der Waals surface area contributed by atoms with Gasteiger partial charge in [0.15, 0.2) is 0 Å². The Morgan fingerprint density at radius 2 is 2.12 bits per heavy atom. The van der Waals surface area contributed by atoms with Crippen LogP contribution in [-0.2, 0) is 13.0 Å². The molecule has 0 saturated heterocycles. The third kappa shape index (κ3) is 2.73. The third-order valence-electron chi connectivity index (χ3n) is 2.31. The van der Waals surface area contributed by atoms with Crippen LogP contribution in [0, 0.1) is 0 Å². The number of nitrogens with two attached hydrogens (primary N) is 1. The molecule has 2 heterocycles. The Morgan fingerprint density at radius 1 is 1.31 bits per heavy atom. The van der Waals surface area contributed by atoms with Crippen molar-refractivity contribution in [3.8, 4) is 0 Å². The first-order valence-electron chi connectivity index (χ1n) is 5.31. The smallest absolute Gasteiger partial charge is 0.125 e. The molecule has 4 heteroatoms. The molecule has 0 aliphatic carbocycles. The molecule has 2 aromatic heterocycles. The zero-order valence-corrected chi connectivity index (χ0v) is 10.1. The molecule has 0 saturated carbocycles. The minimum Gasteiger partial charge on any atom is -0.384 e. The van der Waals surface area contributed by atoms with Gasteiger partial charge in [0.05, 0.1) is 0 Å². The maximum Gasteiger partial charge on any atom is 0.125 e. The van der Waals surface area contributed by atoms with Gasteiger partial charge in [-0.25, -0.2) is 4.98 Å². The first-order chi connectivity index (χ1) is 7.78. The number of anilines is 2. The van der Waals surface area contributed by atoms with Crippen LogP contribution in [0.4, 0.5) is 11.5 Å². The molecular weight excluding hydrogens is 218 g/mol. The lowest BCUT2D eigenvalue weighted by Gasteiger charge is -2.04. The average Bonchev–Trinajstić information content (AvgIpc) is 2.74. The van der Waals surface area contributed by atoms with Crippen LogP contribution in [0.1, 0.15) is 16.7 Å². The molecule has 0 atom stereocenters. The van der Waals surface area contributed by atoms with E-state index in [0.29, 0.717) is 5.82 Å². The predicted octanol–water partition coefficient (Wildman–Crippen LogP) is 2.90. The first kappa shape index (κ1) is 11.0. The van der Waals surface area contributed by atoms with Crippen LogP contribution >= 0.6 is 11.3 Å². The van der Waals surface area contributed by atoms with Crippen molar-refractivity contribution in [2.45, 2.75) is 19.9 Å². The molecule has 0 radical (unpaired) electrons. The quantitative estimate of drug-likeness (QED) is 0.853. The Kier molecular flexibility index (Phi) is 3.41. The Morgan fingerprint density at radius 3 is 2.81 bits per heavy atom. The second-order valence-electron chi connectivity index (χ2n) is 3.54. The van der Waals surface area contributed by atoms with E-state index in [1.807, 2.05) is 23.5 Å². The number of rotatable bonds is 4. The Bertz CT molecular complexity index is 465. The monoisotopic (exact) mass is 233 g/mol. The summed E-state index contributed by atoms with van der Waals surface area (Å²) >= 11 is 1.85. The molecule has 2 rings (SSSR count). The Labute approximate surface area is 99.3 Å². The van der Waals surface area contributed by atoms with Gasteiger partial charge in [0.2, 0.25) is 0 Å². The highest BCUT2D eigenvalue weighted by Crippen LogP contribution is 2.18. The number of thiophene rings is 1. The van der Waals surface area contributed by atoms with Gasteiger partial charge in [-0.05, 0) is 24.6 Å². The zero-order chi connectivity index (χ0) is 11.4. The molecule has 0 spiro atoms. The van der Waals surface area contributed by atoms with Crippen molar-refractivity contribution in [3.05, 3.63) is 40.2 Å². The highest BCUT2D eigenvalue weighted by molar-refractivity contribution is 7.12. The molecule has 2 aromatic rings. The summed E-state index contributed by atoms with van der Waals surface area (Å²) in [5.74, 6) is 0.547. The largest absolute Gasteiger partial charge is 0.384 e. The summed E-state index contributed by atoms with van der Waals surface area (Å²) < 4.78 is 0. The van der Waals surface area contributed by atoms with E-state index in [0.717, 1.165) is 18.7 Å². The number of aromatic nitrogens is 1. The molecule has 0 unspecified atom stereocenters. The first-order valence-corrected chi connectivity index (χ1v) is 6.12. The van der Waals surface area contributed by atoms with Gasteiger partial charge in [-0.2, -0.15) is 0 Å². The van der Waals surface area contributed by atoms with Crippen molar-refractivity contribution in [3.63, 3.8) is 0 Å². The number of pyridine rings is 1. The highest BCUT2D eigenvalue weighted by atomic mass is 32.1. The van der Waals surface area contributed by atoms with Crippen molar-refractivity contribution in [1.29, 1.82) is 0 Å². The van der Waals surface area contributed by atoms with Crippen LogP contribution in [0.25, 0.3) is 0 Å². The van der Waals surface area contributed by atoms with E-state index >= 15 is 0 Å². The number of hydrogen-bond acceptors (Lipinski definition) is 4. The highest BCUT2D eigenvalue weighted by Gasteiger charge is 1.99. The number of aryl methyl sites for hydroxylation is 1. The molecule has 0 fully saturated rings. The van der Waals surface area contributed by atoms with Gasteiger partial charge in [-0.15, -0.1) is 11.3 Å². The number of nitrogens with one attached hydrogen (secondary N) is 1. The van der Waals surface area contributed by atoms with E-state index in [-0.39, 0.29) is 0 Å². The topological polar surface area (TPSA) is 50.9 Å². The minimum atomic E-state index is 0.547. The van der Waals surface area contributed by atoms with E-state index in [1.54, 1.807) is 6.20 Å². The average molecular weight is 233 g/mol. The second kappa shape index (κ2) is 4.99. The van der Waals surface area contributed by atoms with Crippen LogP contribution < -0.4 is 11.1 Å². The van der Waals surface area contributed by atoms with E-state index in [9.17, 15) is 0 Å². The summed E-state index contributed by atoms with van der Waals surface area (Å²) in [5, 5.41) is 3.33. The van der Waals surface area contributed by atoms with E-state index in [1.165, 1.54) is 9.75 Å². The van der Waals surface area contributed by atoms with Crippen molar-refractivity contribution in [2.75, 3.05) is 11.1 Å². The summed E-state index contributed by atoms with van der Waals surface area (Å²) in [4.78, 5) is 6.71. The standard InChI is InChI=1S/C12H15N3S/c1-2-10-3-4-11(16-10)8-15-9-5-6-14-12(13)7-9/h3-7H,2,8H2,1H3,(H3,13,14,15). The van der Waals surface area contributed by atoms with Gasteiger partial charge < -0.3 is 11.1 Å². The maximum atomic E-state index is 5.60. The van der Waals surface area contributed by atoms with E-state index < -0.39 is 0 Å². The second-order valence-corrected chi connectivity index (χ2v) is 4.80. The lowest BCUT2D eigenvalue weighted by Crippen LogP contribution is -1.98. The fraction of sp³-hybridized carbons (Fsp3) is 0.250.